The van der Waals surface area contributed by atoms with Crippen LogP contribution in [0.3, 0.4) is 0 Å². The van der Waals surface area contributed by atoms with Gasteiger partial charge in [-0.05, 0) is 64.7 Å². The number of alkyl halides is 6. The monoisotopic (exact) mass is 1740 g/mol. The molecule has 6 heterocycles. The number of carbonyl (C=O) groups excluding carboxylic acids is 12. The summed E-state index contributed by atoms with van der Waals surface area (Å²) < 4.78 is 126. The van der Waals surface area contributed by atoms with Crippen molar-refractivity contribution < 1.29 is 148 Å². The normalized spacial score (nSPS) is 20.1. The van der Waals surface area contributed by atoms with Gasteiger partial charge >= 0.3 is 40.9 Å². The van der Waals surface area contributed by atoms with E-state index in [1.165, 1.54) is 0 Å². The van der Waals surface area contributed by atoms with Crippen LogP contribution in [0.2, 0.25) is 0 Å². The van der Waals surface area contributed by atoms with Crippen LogP contribution in [-0.4, -0.2) is 308 Å². The number of aliphatic hydroxyl groups excluding tert-OH is 6. The minimum absolute atomic E-state index is 0.0362. The highest BCUT2D eigenvalue weighted by Gasteiger charge is 2.62. The lowest BCUT2D eigenvalue weighted by molar-refractivity contribution is -0.141. The van der Waals surface area contributed by atoms with E-state index < -0.39 is 245 Å². The van der Waals surface area contributed by atoms with Gasteiger partial charge in [0.15, 0.2) is 18.3 Å². The minimum Gasteiger partial charge on any atom is -0.444 e. The predicted octanol–water partition coefficient (Wildman–Crippen LogP) is -6.24. The van der Waals surface area contributed by atoms with E-state index in [1.807, 2.05) is 0 Å². The van der Waals surface area contributed by atoms with E-state index in [4.69, 9.17) is 33.2 Å². The first-order valence-electron chi connectivity index (χ1n) is 37.6. The molecule has 52 heteroatoms. The number of ether oxygens (including phenoxy) is 7. The number of aromatic nitrogens is 6. The molecule has 3 fully saturated rings. The molecule has 674 valence electrons. The highest BCUT2D eigenvalue weighted by atomic mass is 19.3. The zero-order chi connectivity index (χ0) is 89.4. The molecule has 0 aliphatic carbocycles. The Labute approximate surface area is 682 Å². The average molecular weight is 1740 g/mol. The molecular weight excluding hydrogens is 1640 g/mol. The number of rotatable bonds is 49. The maximum atomic E-state index is 14.6. The Morgan fingerprint density at radius 2 is 0.678 bits per heavy atom. The quantitative estimate of drug-likeness (QED) is 0.0185. The number of hydrogen-bond donors (Lipinski definition) is 18. The highest BCUT2D eigenvalue weighted by Crippen LogP contribution is 2.44. The molecule has 3 aromatic rings. The molecule has 3 aliphatic heterocycles. The summed E-state index contributed by atoms with van der Waals surface area (Å²) >= 11 is 0. The van der Waals surface area contributed by atoms with Gasteiger partial charge in [0.25, 0.3) is 0 Å². The van der Waals surface area contributed by atoms with Crippen molar-refractivity contribution in [2.24, 2.45) is 0 Å². The number of halogens is 6. The first kappa shape index (κ1) is 99.0. The molecule has 3 saturated heterocycles. The summed E-state index contributed by atoms with van der Waals surface area (Å²) in [5, 5.41) is 86.1. The molecule has 9 atom stereocenters. The Kier molecular flexibility index (Phi) is 38.3. The Hall–Kier alpha value is -10.8. The van der Waals surface area contributed by atoms with Crippen LogP contribution in [0.15, 0.2) is 51.2 Å². The number of hydrogen-bond acceptors (Lipinski definition) is 31. The fraction of sp³-hybridized carbons (Fsp3) is 0.652. The van der Waals surface area contributed by atoms with Crippen molar-refractivity contribution in [2.75, 3.05) is 128 Å². The molecule has 0 bridgehead atoms. The molecule has 18 N–H and O–H groups in total. The topological polar surface area (TPSA) is 640 Å². The van der Waals surface area contributed by atoms with Crippen molar-refractivity contribution in [1.29, 1.82) is 0 Å². The first-order chi connectivity index (χ1) is 57.1. The fourth-order valence-corrected chi connectivity index (χ4v) is 11.3. The van der Waals surface area contributed by atoms with Crippen LogP contribution < -0.4 is 80.9 Å². The SMILES string of the molecule is CC(C)(C)OC(=O)NCCCC(=O)NC(COCCC(=O)NCCCC(=O)NCC(=O)Nc1ccn([C@@H]2O[C@H](CO)[C@@H](O)C2(F)F)c(=O)n1)(COCCC(=O)NCCCC(=O)NCC(=O)Nc1ccn([C@@H]2O[C@H](CO)[C@@H](O)C2(F)F)c(=O)n1)COCCC(=O)NCC(=O)NCCCC(=O)NCC(=O)Nc1ccn([C@@H]2O[C@H](CO)[C@@H](O)C2(F)F)c(=O)n1. The van der Waals surface area contributed by atoms with Gasteiger partial charge in [0.05, 0.1) is 85.6 Å². The van der Waals surface area contributed by atoms with Crippen LogP contribution in [0.4, 0.5) is 48.6 Å². The fourth-order valence-electron chi connectivity index (χ4n) is 11.3. The highest BCUT2D eigenvalue weighted by molar-refractivity contribution is 5.95. The van der Waals surface area contributed by atoms with Crippen molar-refractivity contribution in [3.63, 3.8) is 0 Å². The Morgan fingerprint density at radius 3 is 0.967 bits per heavy atom. The second-order valence-electron chi connectivity index (χ2n) is 28.4. The van der Waals surface area contributed by atoms with Crippen LogP contribution in [-0.2, 0) is 85.9 Å². The van der Waals surface area contributed by atoms with Crippen molar-refractivity contribution in [3.8, 4) is 0 Å². The van der Waals surface area contributed by atoms with E-state index in [0.29, 0.717) is 13.7 Å². The van der Waals surface area contributed by atoms with E-state index in [9.17, 15) is 129 Å². The molecule has 3 aromatic heterocycles. The zero-order valence-corrected chi connectivity index (χ0v) is 65.6. The number of nitrogens with zero attached hydrogens (tertiary/aromatic N) is 6. The van der Waals surface area contributed by atoms with Crippen LogP contribution in [0.1, 0.15) is 110 Å². The van der Waals surface area contributed by atoms with Crippen molar-refractivity contribution in [2.45, 2.75) is 176 Å². The largest absolute Gasteiger partial charge is 0.444 e. The standard InChI is InChI=1S/C69H98F6N18O28/c1-65(2,3)121-64(114)79-21-7-11-50(103)90-66(35-115-25-15-47(100)76-18-4-8-44(97)81-29-52(105)84-41-12-22-91(61(111)87-41)58-67(70,71)55(108)38(32-94)118-58,36-116-26-16-48(101)77-19-5-9-45(98)82-30-53(106)85-42-13-23-92(62(112)88-42)59-68(72,73)56(109)39(33-95)119-59)37-117-27-17-49(102)80-28-51(104)78-20-6-10-46(99)83-31-54(107)86-43-14-24-93(63(113)89-43)60-69(74,75)57(110)40(34-96)120-60/h12-14,22-24,38-40,55-60,94-96,108-110H,4-11,15-21,25-37H2,1-3H3,(H,76,100)(H,77,101)(H,78,104)(H,79,114)(H,80,102)(H,81,97)(H,82,98)(H,83,99)(H,90,103)(H,84,87,105,111)(H,85,88,106,112)(H,86,89,107,113)/t38-,39-,40-,55-,56-,57-,58-,59-,60-/m1/s1. The summed E-state index contributed by atoms with van der Waals surface area (Å²) in [7, 11) is 0. The second kappa shape index (κ2) is 46.8. The lowest BCUT2D eigenvalue weighted by Gasteiger charge is -2.34. The molecule has 46 nitrogen and oxygen atoms in total. The Morgan fingerprint density at radius 1 is 0.405 bits per heavy atom. The summed E-state index contributed by atoms with van der Waals surface area (Å²) in [6.07, 6.45) is -19.4. The third kappa shape index (κ3) is 31.3. The molecule has 0 saturated carbocycles. The van der Waals surface area contributed by atoms with E-state index in [0.717, 1.165) is 36.8 Å². The number of nitrogens with one attached hydrogen (secondary N) is 12. The summed E-state index contributed by atoms with van der Waals surface area (Å²) in [5.74, 6) is -21.0. The molecule has 0 unspecified atom stereocenters. The number of aliphatic hydroxyl groups is 6. The van der Waals surface area contributed by atoms with Gasteiger partial charge in [-0.25, -0.2) is 19.2 Å². The third-order valence-electron chi connectivity index (χ3n) is 17.4. The Balaban J connectivity index is 0.974. The van der Waals surface area contributed by atoms with Gasteiger partial charge in [-0.15, -0.1) is 0 Å². The van der Waals surface area contributed by atoms with Crippen LogP contribution in [0.5, 0.6) is 0 Å². The van der Waals surface area contributed by atoms with Crippen LogP contribution >= 0.6 is 0 Å². The van der Waals surface area contributed by atoms with Gasteiger partial charge in [-0.2, -0.15) is 41.3 Å². The van der Waals surface area contributed by atoms with Gasteiger partial charge in [-0.1, -0.05) is 0 Å². The first-order valence-corrected chi connectivity index (χ1v) is 37.6. The molecule has 121 heavy (non-hydrogen) atoms. The third-order valence-corrected chi connectivity index (χ3v) is 17.4. The molecule has 0 radical (unpaired) electrons. The van der Waals surface area contributed by atoms with E-state index >= 15 is 0 Å². The molecule has 0 spiro atoms. The minimum atomic E-state index is -3.99. The van der Waals surface area contributed by atoms with Crippen molar-refractivity contribution >= 4 is 88.5 Å². The summed E-state index contributed by atoms with van der Waals surface area (Å²) in [6.45, 7) is -3.21. The number of carbonyl (C=O) groups is 12. The van der Waals surface area contributed by atoms with Gasteiger partial charge in [0.2, 0.25) is 83.7 Å². The van der Waals surface area contributed by atoms with Crippen LogP contribution in [0.25, 0.3) is 0 Å². The second-order valence-corrected chi connectivity index (χ2v) is 28.4. The van der Waals surface area contributed by atoms with E-state index in [-0.39, 0.29) is 128 Å². The zero-order valence-electron chi connectivity index (χ0n) is 65.6. The summed E-state index contributed by atoms with van der Waals surface area (Å²) in [6, 6.07) is 2.92. The molecule has 3 aliphatic rings. The molecule has 0 aromatic carbocycles. The van der Waals surface area contributed by atoms with Gasteiger partial charge in [0.1, 0.15) is 46.9 Å². The molecule has 6 rings (SSSR count). The molecular formula is C69H98F6N18O28. The summed E-state index contributed by atoms with van der Waals surface area (Å²) in [4.78, 5) is 201. The Bertz CT molecular complexity index is 4100. The maximum Gasteiger partial charge on any atom is 0.407 e. The lowest BCUT2D eigenvalue weighted by atomic mass is 10.0. The smallest absolute Gasteiger partial charge is 0.407 e. The van der Waals surface area contributed by atoms with Crippen molar-refractivity contribution in [3.05, 3.63) is 68.2 Å². The van der Waals surface area contributed by atoms with E-state index in [2.05, 4.69) is 78.8 Å². The number of alkyl carbamates (subject to hydrolysis) is 1. The van der Waals surface area contributed by atoms with Gasteiger partial charge < -0.3 is 128 Å². The average Bonchev–Trinajstić information content (AvgIpc) is 1.63. The van der Waals surface area contributed by atoms with Gasteiger partial charge in [0, 0.05) is 89.7 Å². The van der Waals surface area contributed by atoms with Gasteiger partial charge in [-0.3, -0.25) is 66.4 Å². The van der Waals surface area contributed by atoms with E-state index in [1.54, 1.807) is 20.8 Å². The maximum absolute atomic E-state index is 14.6. The molecule has 12 amide bonds. The number of anilines is 3. The summed E-state index contributed by atoms with van der Waals surface area (Å²) in [5.41, 5.74) is -6.46. The predicted molar refractivity (Wildman–Crippen MR) is 397 cm³/mol. The van der Waals surface area contributed by atoms with Crippen molar-refractivity contribution in [1.82, 2.24) is 76.5 Å². The lowest BCUT2D eigenvalue weighted by Crippen LogP contribution is -2.58. The number of amides is 12. The van der Waals surface area contributed by atoms with Crippen LogP contribution in [0, 0.1) is 0 Å².